The van der Waals surface area contributed by atoms with Crippen LogP contribution in [0.25, 0.3) is 10.9 Å². The predicted molar refractivity (Wildman–Crippen MR) is 110 cm³/mol. The average Bonchev–Trinajstić information content (AvgIpc) is 3.45. The molecule has 1 aliphatic carbocycles. The zero-order chi connectivity index (χ0) is 17.6. The van der Waals surface area contributed by atoms with Crippen LogP contribution in [0.3, 0.4) is 0 Å². The van der Waals surface area contributed by atoms with Crippen LogP contribution in [0.4, 0.5) is 0 Å². The lowest BCUT2D eigenvalue weighted by Gasteiger charge is -2.24. The van der Waals surface area contributed by atoms with Gasteiger partial charge in [-0.15, -0.1) is 0 Å². The van der Waals surface area contributed by atoms with Gasteiger partial charge in [-0.3, -0.25) is 0 Å². The Morgan fingerprint density at radius 1 is 0.654 bits per heavy atom. The minimum atomic E-state index is -2.69. The fourth-order valence-corrected chi connectivity index (χ4v) is 8.55. The average molecular weight is 356 g/mol. The summed E-state index contributed by atoms with van der Waals surface area (Å²) < 4.78 is 14.8. The number of hydrogen-bond acceptors (Lipinski definition) is 1. The van der Waals surface area contributed by atoms with Crippen molar-refractivity contribution >= 4 is 23.3 Å². The highest BCUT2D eigenvalue weighted by atomic mass is 31.2. The highest BCUT2D eigenvalue weighted by Gasteiger charge is 2.63. The summed E-state index contributed by atoms with van der Waals surface area (Å²) in [6.45, 7) is 0. The van der Waals surface area contributed by atoms with Gasteiger partial charge in [0.2, 0.25) is 0 Å². The van der Waals surface area contributed by atoms with Crippen molar-refractivity contribution in [3.05, 3.63) is 102 Å². The quantitative estimate of drug-likeness (QED) is 0.512. The molecular formula is C24H21OP. The largest absolute Gasteiger partial charge is 0.313 e. The highest BCUT2D eigenvalue weighted by molar-refractivity contribution is 7.83. The van der Waals surface area contributed by atoms with E-state index in [9.17, 15) is 4.57 Å². The number of rotatable bonds is 3. The van der Waals surface area contributed by atoms with Crippen LogP contribution in [-0.4, -0.2) is 5.16 Å². The summed E-state index contributed by atoms with van der Waals surface area (Å²) in [6, 6.07) is 31.1. The van der Waals surface area contributed by atoms with Gasteiger partial charge in [-0.25, -0.2) is 0 Å². The Morgan fingerprint density at radius 2 is 1.15 bits per heavy atom. The van der Waals surface area contributed by atoms with Gasteiger partial charge in [-0.2, -0.15) is 0 Å². The monoisotopic (exact) mass is 356 g/mol. The molecule has 1 unspecified atom stereocenters. The molecule has 1 aliphatic heterocycles. The maximum atomic E-state index is 14.8. The van der Waals surface area contributed by atoms with Crippen LogP contribution in [0.2, 0.25) is 0 Å². The van der Waals surface area contributed by atoms with Crippen LogP contribution >= 0.6 is 7.14 Å². The summed E-state index contributed by atoms with van der Waals surface area (Å²) in [5.41, 5.74) is 3.61. The topological polar surface area (TPSA) is 17.1 Å². The Hall–Kier alpha value is -2.37. The van der Waals surface area contributed by atoms with Gasteiger partial charge in [-0.1, -0.05) is 91.0 Å². The summed E-state index contributed by atoms with van der Waals surface area (Å²) >= 11 is 0. The first-order valence-electron chi connectivity index (χ1n) is 9.25. The van der Waals surface area contributed by atoms with E-state index in [1.807, 2.05) is 30.3 Å². The maximum Gasteiger partial charge on any atom is 0.150 e. The molecule has 1 fully saturated rings. The molecule has 0 bridgehead atoms. The molecule has 3 aromatic carbocycles. The molecule has 1 atom stereocenters. The molecule has 5 rings (SSSR count). The van der Waals surface area contributed by atoms with E-state index in [-0.39, 0.29) is 5.16 Å². The second kappa shape index (κ2) is 5.83. The standard InChI is InChI=1S/C24H21OP/c25-26(21-14-8-3-9-15-21)23(20-12-6-2-7-13-20)22(18-24(26)16-17-24)19-10-4-1-5-11-19/h1-15H,16-18H2. The van der Waals surface area contributed by atoms with Gasteiger partial charge >= 0.3 is 0 Å². The molecule has 128 valence electrons. The van der Waals surface area contributed by atoms with Crippen molar-refractivity contribution < 1.29 is 4.57 Å². The third-order valence-electron chi connectivity index (χ3n) is 5.89. The van der Waals surface area contributed by atoms with Crippen molar-refractivity contribution in [1.82, 2.24) is 0 Å². The molecule has 0 N–H and O–H groups in total. The molecule has 2 aliphatic rings. The van der Waals surface area contributed by atoms with E-state index in [0.717, 1.165) is 35.4 Å². The minimum absolute atomic E-state index is 0.0648. The third-order valence-corrected chi connectivity index (χ3v) is 10.0. The smallest absolute Gasteiger partial charge is 0.150 e. The zero-order valence-electron chi connectivity index (χ0n) is 14.6. The first-order valence-corrected chi connectivity index (χ1v) is 11.0. The Labute approximate surface area is 154 Å². The summed E-state index contributed by atoms with van der Waals surface area (Å²) in [5.74, 6) is 0. The third kappa shape index (κ3) is 2.20. The van der Waals surface area contributed by atoms with Crippen molar-refractivity contribution in [2.24, 2.45) is 0 Å². The fourth-order valence-electron chi connectivity index (χ4n) is 4.46. The number of hydrogen-bond donors (Lipinski definition) is 0. The molecular weight excluding hydrogens is 335 g/mol. The van der Waals surface area contributed by atoms with Gasteiger partial charge in [0.05, 0.1) is 0 Å². The molecule has 1 saturated carbocycles. The van der Waals surface area contributed by atoms with Gasteiger partial charge in [0.15, 0.2) is 0 Å². The van der Waals surface area contributed by atoms with E-state index < -0.39 is 7.14 Å². The predicted octanol–water partition coefficient (Wildman–Crippen LogP) is 6.18. The summed E-state index contributed by atoms with van der Waals surface area (Å²) in [7, 11) is -2.69. The molecule has 0 saturated heterocycles. The molecule has 0 aromatic heterocycles. The van der Waals surface area contributed by atoms with Crippen molar-refractivity contribution in [2.45, 2.75) is 24.4 Å². The maximum absolute atomic E-state index is 14.8. The van der Waals surface area contributed by atoms with Crippen LogP contribution in [0, 0.1) is 0 Å². The van der Waals surface area contributed by atoms with Gasteiger partial charge in [-0.05, 0) is 36.0 Å². The van der Waals surface area contributed by atoms with Gasteiger partial charge in [0, 0.05) is 15.8 Å². The zero-order valence-corrected chi connectivity index (χ0v) is 15.5. The molecule has 0 amide bonds. The Bertz CT molecular complexity index is 1020. The molecule has 0 radical (unpaired) electrons. The Morgan fingerprint density at radius 3 is 1.69 bits per heavy atom. The highest BCUT2D eigenvalue weighted by Crippen LogP contribution is 2.83. The van der Waals surface area contributed by atoms with E-state index >= 15 is 0 Å². The summed E-state index contributed by atoms with van der Waals surface area (Å²) in [4.78, 5) is 0. The van der Waals surface area contributed by atoms with E-state index in [1.165, 1.54) is 11.1 Å². The van der Waals surface area contributed by atoms with Crippen molar-refractivity contribution in [1.29, 1.82) is 0 Å². The van der Waals surface area contributed by atoms with Crippen LogP contribution in [0.5, 0.6) is 0 Å². The summed E-state index contributed by atoms with van der Waals surface area (Å²) in [5, 5.41) is 2.04. The van der Waals surface area contributed by atoms with Crippen molar-refractivity contribution in [3.8, 4) is 0 Å². The normalized spacial score (nSPS) is 23.4. The van der Waals surface area contributed by atoms with Gasteiger partial charge < -0.3 is 4.57 Å². The van der Waals surface area contributed by atoms with E-state index in [0.29, 0.717) is 0 Å². The minimum Gasteiger partial charge on any atom is -0.313 e. The molecule has 26 heavy (non-hydrogen) atoms. The second-order valence-corrected chi connectivity index (χ2v) is 10.5. The molecule has 1 heterocycles. The lowest BCUT2D eigenvalue weighted by atomic mass is 9.98. The second-order valence-electron chi connectivity index (χ2n) is 7.41. The SMILES string of the molecule is O=P1(c2ccccc2)C(c2ccccc2)=C(c2ccccc2)CC12CC2. The van der Waals surface area contributed by atoms with Gasteiger partial charge in [0.1, 0.15) is 7.14 Å². The van der Waals surface area contributed by atoms with E-state index in [1.54, 1.807) is 0 Å². The molecule has 3 aromatic rings. The van der Waals surface area contributed by atoms with Crippen molar-refractivity contribution in [2.75, 3.05) is 0 Å². The fraction of sp³-hybridized carbons (Fsp3) is 0.167. The van der Waals surface area contributed by atoms with Gasteiger partial charge in [0.25, 0.3) is 0 Å². The molecule has 1 nitrogen and oxygen atoms in total. The van der Waals surface area contributed by atoms with Crippen LogP contribution < -0.4 is 5.30 Å². The lowest BCUT2D eigenvalue weighted by molar-refractivity contribution is 0.578. The Kier molecular flexibility index (Phi) is 3.55. The lowest BCUT2D eigenvalue weighted by Crippen LogP contribution is -2.15. The molecule has 1 spiro atoms. The van der Waals surface area contributed by atoms with Crippen LogP contribution in [0.1, 0.15) is 30.4 Å². The van der Waals surface area contributed by atoms with E-state index in [4.69, 9.17) is 0 Å². The van der Waals surface area contributed by atoms with Crippen LogP contribution in [-0.2, 0) is 4.57 Å². The Balaban J connectivity index is 1.83. The molecule has 2 heteroatoms. The first-order chi connectivity index (χ1) is 12.7. The van der Waals surface area contributed by atoms with Crippen LogP contribution in [0.15, 0.2) is 91.0 Å². The first kappa shape index (κ1) is 15.9. The number of benzene rings is 3. The number of allylic oxidation sites excluding steroid dienone is 1. The van der Waals surface area contributed by atoms with E-state index in [2.05, 4.69) is 60.7 Å². The van der Waals surface area contributed by atoms with Crippen molar-refractivity contribution in [3.63, 3.8) is 0 Å². The summed E-state index contributed by atoms with van der Waals surface area (Å²) in [6.07, 6.45) is 3.05.